The number of ether oxygens (including phenoxy) is 1. The first-order valence-electron chi connectivity index (χ1n) is 7.65. The third-order valence-electron chi connectivity index (χ3n) is 3.27. The highest BCUT2D eigenvalue weighted by molar-refractivity contribution is 6.36. The molecule has 0 aromatic heterocycles. The van der Waals surface area contributed by atoms with Gasteiger partial charge in [-0.05, 0) is 23.8 Å². The Kier molecular flexibility index (Phi) is 7.44. The summed E-state index contributed by atoms with van der Waals surface area (Å²) in [5, 5.41) is 5.56. The molecule has 0 aliphatic heterocycles. The molecule has 0 saturated heterocycles. The van der Waals surface area contributed by atoms with Crippen molar-refractivity contribution in [2.75, 3.05) is 13.2 Å². The number of hydrogen-bond donors (Lipinski definition) is 2. The number of amides is 2. The number of nitrogens with one attached hydrogen (secondary N) is 2. The van der Waals surface area contributed by atoms with Crippen molar-refractivity contribution < 1.29 is 19.1 Å². The van der Waals surface area contributed by atoms with Gasteiger partial charge in [0.05, 0.1) is 10.6 Å². The standard InChI is InChI=1S/C18H16Cl2N2O4/c19-13-6-7-14(15(20)8-13)18(25)22-10-17(24)26-11-16(23)21-9-12-4-2-1-3-5-12/h1-8H,9-11H2,(H,21,23)(H,22,25). The Labute approximate surface area is 160 Å². The van der Waals surface area contributed by atoms with Crippen LogP contribution in [0.1, 0.15) is 15.9 Å². The van der Waals surface area contributed by atoms with E-state index in [9.17, 15) is 14.4 Å². The van der Waals surface area contributed by atoms with Crippen LogP contribution in [0.4, 0.5) is 0 Å². The molecule has 136 valence electrons. The second-order valence-corrected chi connectivity index (χ2v) is 6.07. The van der Waals surface area contributed by atoms with E-state index in [1.165, 1.54) is 18.2 Å². The highest BCUT2D eigenvalue weighted by Gasteiger charge is 2.13. The SMILES string of the molecule is O=C(COC(=O)CNC(=O)c1ccc(Cl)cc1Cl)NCc1ccccc1. The van der Waals surface area contributed by atoms with Crippen LogP contribution in [0.5, 0.6) is 0 Å². The van der Waals surface area contributed by atoms with Crippen molar-refractivity contribution in [2.45, 2.75) is 6.54 Å². The van der Waals surface area contributed by atoms with Gasteiger partial charge in [0, 0.05) is 11.6 Å². The van der Waals surface area contributed by atoms with Crippen LogP contribution in [0.15, 0.2) is 48.5 Å². The van der Waals surface area contributed by atoms with Crippen LogP contribution in [0, 0.1) is 0 Å². The molecular formula is C18H16Cl2N2O4. The molecule has 0 radical (unpaired) electrons. The van der Waals surface area contributed by atoms with Gasteiger partial charge in [0.1, 0.15) is 6.54 Å². The summed E-state index contributed by atoms with van der Waals surface area (Å²) >= 11 is 11.7. The maximum absolute atomic E-state index is 12.0. The topological polar surface area (TPSA) is 84.5 Å². The molecule has 26 heavy (non-hydrogen) atoms. The maximum atomic E-state index is 12.0. The van der Waals surface area contributed by atoms with Crippen LogP contribution in [-0.2, 0) is 20.9 Å². The van der Waals surface area contributed by atoms with Crippen LogP contribution in [0.2, 0.25) is 10.0 Å². The Balaban J connectivity index is 1.69. The predicted octanol–water partition coefficient (Wildman–Crippen LogP) is 2.58. The third kappa shape index (κ3) is 6.38. The summed E-state index contributed by atoms with van der Waals surface area (Å²) in [6.07, 6.45) is 0. The zero-order chi connectivity index (χ0) is 18.9. The first-order chi connectivity index (χ1) is 12.5. The lowest BCUT2D eigenvalue weighted by Crippen LogP contribution is -2.33. The Morgan fingerprint density at radius 1 is 0.962 bits per heavy atom. The molecule has 0 aliphatic carbocycles. The molecule has 0 heterocycles. The average Bonchev–Trinajstić information content (AvgIpc) is 2.63. The Morgan fingerprint density at radius 3 is 2.38 bits per heavy atom. The highest BCUT2D eigenvalue weighted by atomic mass is 35.5. The van der Waals surface area contributed by atoms with Crippen molar-refractivity contribution in [3.63, 3.8) is 0 Å². The molecule has 2 aromatic rings. The van der Waals surface area contributed by atoms with E-state index < -0.39 is 24.4 Å². The summed E-state index contributed by atoms with van der Waals surface area (Å²) in [5.74, 6) is -1.72. The second-order valence-electron chi connectivity index (χ2n) is 5.23. The van der Waals surface area contributed by atoms with Crippen LogP contribution < -0.4 is 10.6 Å². The summed E-state index contributed by atoms with van der Waals surface area (Å²) in [7, 11) is 0. The quantitative estimate of drug-likeness (QED) is 0.706. The van der Waals surface area contributed by atoms with E-state index in [-0.39, 0.29) is 17.1 Å². The zero-order valence-corrected chi connectivity index (χ0v) is 15.1. The molecule has 0 unspecified atom stereocenters. The van der Waals surface area contributed by atoms with Gasteiger partial charge in [0.2, 0.25) is 0 Å². The van der Waals surface area contributed by atoms with Gasteiger partial charge in [-0.15, -0.1) is 0 Å². The van der Waals surface area contributed by atoms with Gasteiger partial charge >= 0.3 is 5.97 Å². The van der Waals surface area contributed by atoms with Gasteiger partial charge in [0.25, 0.3) is 11.8 Å². The summed E-state index contributed by atoms with van der Waals surface area (Å²) in [6, 6.07) is 13.7. The molecule has 2 rings (SSSR count). The fourth-order valence-corrected chi connectivity index (χ4v) is 2.46. The number of benzene rings is 2. The number of carbonyl (C=O) groups excluding carboxylic acids is 3. The van der Waals surface area contributed by atoms with E-state index in [0.717, 1.165) is 5.56 Å². The molecule has 2 aromatic carbocycles. The van der Waals surface area contributed by atoms with Gasteiger partial charge in [-0.2, -0.15) is 0 Å². The van der Waals surface area contributed by atoms with Crippen LogP contribution in [0.25, 0.3) is 0 Å². The second kappa shape index (κ2) is 9.79. The molecule has 8 heteroatoms. The number of halogens is 2. The molecule has 0 atom stereocenters. The van der Waals surface area contributed by atoms with Crippen molar-refractivity contribution in [3.05, 3.63) is 69.7 Å². The van der Waals surface area contributed by atoms with Crippen LogP contribution in [0.3, 0.4) is 0 Å². The van der Waals surface area contributed by atoms with Crippen molar-refractivity contribution in [3.8, 4) is 0 Å². The van der Waals surface area contributed by atoms with E-state index in [0.29, 0.717) is 11.6 Å². The van der Waals surface area contributed by atoms with Gasteiger partial charge in [0.15, 0.2) is 6.61 Å². The monoisotopic (exact) mass is 394 g/mol. The van der Waals surface area contributed by atoms with E-state index in [1.807, 2.05) is 30.3 Å². The predicted molar refractivity (Wildman–Crippen MR) is 98.0 cm³/mol. The van der Waals surface area contributed by atoms with E-state index >= 15 is 0 Å². The fourth-order valence-electron chi connectivity index (χ4n) is 1.97. The molecule has 0 saturated carbocycles. The molecule has 0 fully saturated rings. The number of carbonyl (C=O) groups is 3. The van der Waals surface area contributed by atoms with E-state index in [1.54, 1.807) is 0 Å². The van der Waals surface area contributed by atoms with Crippen molar-refractivity contribution >= 4 is 41.0 Å². The highest BCUT2D eigenvalue weighted by Crippen LogP contribution is 2.20. The number of esters is 1. The Hall–Kier alpha value is -2.57. The molecular weight excluding hydrogens is 379 g/mol. The summed E-state index contributed by atoms with van der Waals surface area (Å²) in [4.78, 5) is 35.2. The molecule has 0 spiro atoms. The lowest BCUT2D eigenvalue weighted by atomic mass is 10.2. The number of rotatable bonds is 7. The Morgan fingerprint density at radius 2 is 1.69 bits per heavy atom. The molecule has 6 nitrogen and oxygen atoms in total. The lowest BCUT2D eigenvalue weighted by Gasteiger charge is -2.08. The van der Waals surface area contributed by atoms with E-state index in [2.05, 4.69) is 10.6 Å². The molecule has 2 N–H and O–H groups in total. The fraction of sp³-hybridized carbons (Fsp3) is 0.167. The van der Waals surface area contributed by atoms with Crippen molar-refractivity contribution in [1.29, 1.82) is 0 Å². The summed E-state index contributed by atoms with van der Waals surface area (Å²) in [5.41, 5.74) is 1.11. The van der Waals surface area contributed by atoms with E-state index in [4.69, 9.17) is 27.9 Å². The van der Waals surface area contributed by atoms with Crippen molar-refractivity contribution in [1.82, 2.24) is 10.6 Å². The zero-order valence-electron chi connectivity index (χ0n) is 13.6. The first kappa shape index (κ1) is 19.8. The largest absolute Gasteiger partial charge is 0.454 e. The molecule has 0 bridgehead atoms. The minimum Gasteiger partial charge on any atom is -0.454 e. The van der Waals surface area contributed by atoms with Crippen molar-refractivity contribution in [2.24, 2.45) is 0 Å². The molecule has 2 amide bonds. The first-order valence-corrected chi connectivity index (χ1v) is 8.41. The van der Waals surface area contributed by atoms with Gasteiger partial charge in [-0.3, -0.25) is 14.4 Å². The third-order valence-corrected chi connectivity index (χ3v) is 3.81. The van der Waals surface area contributed by atoms with Gasteiger partial charge in [-0.1, -0.05) is 53.5 Å². The molecule has 0 aliphatic rings. The van der Waals surface area contributed by atoms with Crippen LogP contribution in [-0.4, -0.2) is 30.9 Å². The normalized spacial score (nSPS) is 10.1. The minimum atomic E-state index is -0.738. The number of hydrogen-bond acceptors (Lipinski definition) is 4. The minimum absolute atomic E-state index is 0.170. The average molecular weight is 395 g/mol. The summed E-state index contributed by atoms with van der Waals surface area (Å²) < 4.78 is 4.81. The van der Waals surface area contributed by atoms with Gasteiger partial charge in [-0.25, -0.2) is 0 Å². The maximum Gasteiger partial charge on any atom is 0.325 e. The van der Waals surface area contributed by atoms with Gasteiger partial charge < -0.3 is 15.4 Å². The summed E-state index contributed by atoms with van der Waals surface area (Å²) in [6.45, 7) is -0.476. The van der Waals surface area contributed by atoms with Crippen LogP contribution >= 0.6 is 23.2 Å². The lowest BCUT2D eigenvalue weighted by molar-refractivity contribution is -0.147. The smallest absolute Gasteiger partial charge is 0.325 e. The Bertz CT molecular complexity index is 797.